The molecular weight excluding hydrogens is 262 g/mol. The molecule has 4 heteroatoms. The molecule has 0 fully saturated rings. The highest BCUT2D eigenvalue weighted by Crippen LogP contribution is 2.12. The number of aromatic amines is 1. The van der Waals surface area contributed by atoms with E-state index in [2.05, 4.69) is 43.9 Å². The van der Waals surface area contributed by atoms with E-state index in [1.54, 1.807) is 0 Å². The van der Waals surface area contributed by atoms with Crippen molar-refractivity contribution in [1.29, 1.82) is 0 Å². The molecule has 0 aromatic carbocycles. The lowest BCUT2D eigenvalue weighted by molar-refractivity contribution is -0.134. The van der Waals surface area contributed by atoms with Gasteiger partial charge in [-0.3, -0.25) is 4.79 Å². The van der Waals surface area contributed by atoms with Crippen LogP contribution in [0.2, 0.25) is 0 Å². The van der Waals surface area contributed by atoms with Crippen LogP contribution in [0.3, 0.4) is 0 Å². The molecule has 1 aromatic rings. The Labute approximate surface area is 129 Å². The molecule has 21 heavy (non-hydrogen) atoms. The summed E-state index contributed by atoms with van der Waals surface area (Å²) < 4.78 is 0. The fraction of sp³-hybridized carbons (Fsp3) is 0.765. The molecule has 0 aliphatic carbocycles. The quantitative estimate of drug-likeness (QED) is 0.706. The largest absolute Gasteiger partial charge is 0.346 e. The van der Waals surface area contributed by atoms with Gasteiger partial charge < -0.3 is 9.88 Å². The van der Waals surface area contributed by atoms with Gasteiger partial charge in [0.2, 0.25) is 5.91 Å². The molecule has 1 rings (SSSR count). The van der Waals surface area contributed by atoms with Gasteiger partial charge in [0.15, 0.2) is 0 Å². The van der Waals surface area contributed by atoms with E-state index in [0.29, 0.717) is 6.42 Å². The topological polar surface area (TPSA) is 49.0 Å². The predicted molar refractivity (Wildman–Crippen MR) is 86.1 cm³/mol. The summed E-state index contributed by atoms with van der Waals surface area (Å²) in [5.74, 6) is 1.22. The Balaban J connectivity index is 2.14. The van der Waals surface area contributed by atoms with Gasteiger partial charge in [-0.25, -0.2) is 4.98 Å². The van der Waals surface area contributed by atoms with Crippen LogP contribution in [0.5, 0.6) is 0 Å². The average molecular weight is 292 g/mol. The summed E-state index contributed by atoms with van der Waals surface area (Å²) >= 11 is 0. The molecule has 0 saturated carbocycles. The Hall–Kier alpha value is -1.32. The van der Waals surface area contributed by atoms with Gasteiger partial charge in [-0.2, -0.15) is 0 Å². The van der Waals surface area contributed by atoms with Crippen LogP contribution in [0, 0.1) is 13.1 Å². The van der Waals surface area contributed by atoms with Crippen molar-refractivity contribution in [3.63, 3.8) is 0 Å². The van der Waals surface area contributed by atoms with E-state index in [0.717, 1.165) is 43.6 Å². The van der Waals surface area contributed by atoms with Gasteiger partial charge in [-0.1, -0.05) is 12.8 Å². The maximum atomic E-state index is 12.2. The number of nitrogens with one attached hydrogen (secondary N) is 1. The zero-order chi connectivity index (χ0) is 15.8. The molecule has 1 radical (unpaired) electrons. The number of aromatic nitrogens is 2. The van der Waals surface area contributed by atoms with Gasteiger partial charge >= 0.3 is 0 Å². The first kappa shape index (κ1) is 17.7. The standard InChI is InChI=1S/C17H30N3O/c1-13(2)20(14(3)4)17(21)11-9-7-6-8-10-16-12-18-15(5)19-16/h13-14H,6-11H2,1-5H3,(H,18,19). The van der Waals surface area contributed by atoms with E-state index in [1.165, 1.54) is 0 Å². The predicted octanol–water partition coefficient (Wildman–Crippen LogP) is 3.66. The molecule has 4 nitrogen and oxygen atoms in total. The van der Waals surface area contributed by atoms with Gasteiger partial charge in [-0.15, -0.1) is 0 Å². The minimum Gasteiger partial charge on any atom is -0.346 e. The zero-order valence-corrected chi connectivity index (χ0v) is 14.2. The SMILES string of the molecule is Cc1n[c]c(CCCCCCC(=O)N(C(C)C)C(C)C)[nH]1. The molecule has 0 saturated heterocycles. The molecule has 1 N–H and O–H groups in total. The summed E-state index contributed by atoms with van der Waals surface area (Å²) in [4.78, 5) is 21.5. The van der Waals surface area contributed by atoms with Crippen LogP contribution in [0.25, 0.3) is 0 Å². The maximum Gasteiger partial charge on any atom is 0.223 e. The molecule has 0 aliphatic rings. The first-order valence-electron chi connectivity index (χ1n) is 8.16. The Bertz CT molecular complexity index is 415. The lowest BCUT2D eigenvalue weighted by Crippen LogP contribution is -2.41. The number of carbonyl (C=O) groups excluding carboxylic acids is 1. The second-order valence-corrected chi connectivity index (χ2v) is 6.32. The van der Waals surface area contributed by atoms with Crippen molar-refractivity contribution < 1.29 is 4.79 Å². The van der Waals surface area contributed by atoms with E-state index < -0.39 is 0 Å². The molecular formula is C17H30N3O. The van der Waals surface area contributed by atoms with Crippen molar-refractivity contribution in [2.75, 3.05) is 0 Å². The first-order valence-corrected chi connectivity index (χ1v) is 8.16. The summed E-state index contributed by atoms with van der Waals surface area (Å²) in [7, 11) is 0. The van der Waals surface area contributed by atoms with Crippen molar-refractivity contribution in [1.82, 2.24) is 14.9 Å². The van der Waals surface area contributed by atoms with Crippen molar-refractivity contribution in [3.05, 3.63) is 17.7 Å². The van der Waals surface area contributed by atoms with Crippen LogP contribution in [-0.4, -0.2) is 32.9 Å². The van der Waals surface area contributed by atoms with E-state index in [-0.39, 0.29) is 18.0 Å². The number of aryl methyl sites for hydroxylation is 2. The highest BCUT2D eigenvalue weighted by atomic mass is 16.2. The van der Waals surface area contributed by atoms with Crippen LogP contribution in [-0.2, 0) is 11.2 Å². The third-order valence-corrected chi connectivity index (χ3v) is 3.66. The minimum absolute atomic E-state index is 0.289. The van der Waals surface area contributed by atoms with Crippen LogP contribution in [0.1, 0.15) is 71.3 Å². The second kappa shape index (κ2) is 8.85. The normalized spacial score (nSPS) is 11.4. The van der Waals surface area contributed by atoms with Crippen LogP contribution < -0.4 is 0 Å². The summed E-state index contributed by atoms with van der Waals surface area (Å²) in [6, 6.07) is 0.577. The summed E-state index contributed by atoms with van der Waals surface area (Å²) in [6.45, 7) is 10.3. The smallest absolute Gasteiger partial charge is 0.223 e. The lowest BCUT2D eigenvalue weighted by Gasteiger charge is -2.30. The molecule has 0 spiro atoms. The number of imidazole rings is 1. The highest BCUT2D eigenvalue weighted by molar-refractivity contribution is 5.76. The highest BCUT2D eigenvalue weighted by Gasteiger charge is 2.18. The van der Waals surface area contributed by atoms with E-state index in [9.17, 15) is 4.79 Å². The van der Waals surface area contributed by atoms with Gasteiger partial charge in [0.1, 0.15) is 12.0 Å². The number of hydrogen-bond donors (Lipinski definition) is 1. The monoisotopic (exact) mass is 292 g/mol. The number of unbranched alkanes of at least 4 members (excludes halogenated alkanes) is 3. The van der Waals surface area contributed by atoms with Crippen molar-refractivity contribution in [2.45, 2.75) is 85.2 Å². The van der Waals surface area contributed by atoms with Gasteiger partial charge in [-0.05, 0) is 53.9 Å². The number of nitrogens with zero attached hydrogens (tertiary/aromatic N) is 2. The third-order valence-electron chi connectivity index (χ3n) is 3.66. The number of H-pyrrole nitrogens is 1. The lowest BCUT2D eigenvalue weighted by atomic mass is 10.1. The van der Waals surface area contributed by atoms with Gasteiger partial charge in [0.05, 0.1) is 0 Å². The molecule has 0 bridgehead atoms. The first-order chi connectivity index (χ1) is 9.91. The third kappa shape index (κ3) is 6.32. The fourth-order valence-corrected chi connectivity index (χ4v) is 2.78. The number of hydrogen-bond acceptors (Lipinski definition) is 2. The van der Waals surface area contributed by atoms with Crippen LogP contribution in [0.4, 0.5) is 0 Å². The summed E-state index contributed by atoms with van der Waals surface area (Å²) in [5, 5.41) is 0. The van der Waals surface area contributed by atoms with Gasteiger partial charge in [0, 0.05) is 24.2 Å². The van der Waals surface area contributed by atoms with Crippen LogP contribution in [0.15, 0.2) is 0 Å². The van der Waals surface area contributed by atoms with Crippen molar-refractivity contribution in [3.8, 4) is 0 Å². The molecule has 1 heterocycles. The second-order valence-electron chi connectivity index (χ2n) is 6.32. The molecule has 1 aromatic heterocycles. The minimum atomic E-state index is 0.289. The Kier molecular flexibility index (Phi) is 7.48. The van der Waals surface area contributed by atoms with Crippen molar-refractivity contribution >= 4 is 5.91 Å². The molecule has 0 unspecified atom stereocenters. The van der Waals surface area contributed by atoms with E-state index in [4.69, 9.17) is 0 Å². The van der Waals surface area contributed by atoms with Crippen molar-refractivity contribution in [2.24, 2.45) is 0 Å². The van der Waals surface area contributed by atoms with E-state index in [1.807, 2.05) is 11.8 Å². The fourth-order valence-electron chi connectivity index (χ4n) is 2.78. The number of carbonyl (C=O) groups is 1. The molecule has 119 valence electrons. The Morgan fingerprint density at radius 3 is 2.29 bits per heavy atom. The maximum absolute atomic E-state index is 12.2. The Morgan fingerprint density at radius 1 is 1.14 bits per heavy atom. The van der Waals surface area contributed by atoms with E-state index >= 15 is 0 Å². The molecule has 1 amide bonds. The average Bonchev–Trinajstić information content (AvgIpc) is 2.78. The summed E-state index contributed by atoms with van der Waals surface area (Å²) in [5.41, 5.74) is 1.09. The number of amides is 1. The van der Waals surface area contributed by atoms with Gasteiger partial charge in [0.25, 0.3) is 0 Å². The zero-order valence-electron chi connectivity index (χ0n) is 14.2. The molecule has 0 atom stereocenters. The molecule has 0 aliphatic heterocycles. The summed E-state index contributed by atoms with van der Waals surface area (Å²) in [6.07, 6.45) is 9.04. The van der Waals surface area contributed by atoms with Crippen LogP contribution >= 0.6 is 0 Å². The number of rotatable bonds is 9. The Morgan fingerprint density at radius 2 is 1.76 bits per heavy atom.